The highest BCUT2D eigenvalue weighted by atomic mass is 79.9. The monoisotopic (exact) mass is 379 g/mol. The molecule has 0 radical (unpaired) electrons. The fourth-order valence-corrected chi connectivity index (χ4v) is 3.72. The van der Waals surface area contributed by atoms with E-state index in [9.17, 15) is 9.59 Å². The zero-order valence-electron chi connectivity index (χ0n) is 11.9. The lowest BCUT2D eigenvalue weighted by Gasteiger charge is -2.24. The van der Waals surface area contributed by atoms with Crippen LogP contribution in [0.2, 0.25) is 0 Å². The van der Waals surface area contributed by atoms with Crippen molar-refractivity contribution in [1.82, 2.24) is 9.55 Å². The molecule has 1 N–H and O–H groups in total. The summed E-state index contributed by atoms with van der Waals surface area (Å²) in [6.07, 6.45) is 1.59. The Hall–Kier alpha value is -1.60. The second kappa shape index (κ2) is 6.26. The molecular weight excluding hydrogens is 366 g/mol. The molecule has 3 rings (SSSR count). The molecule has 2 aromatic rings. The lowest BCUT2D eigenvalue weighted by atomic mass is 10.1. The number of carbonyl (C=O) groups is 1. The van der Waals surface area contributed by atoms with Crippen LogP contribution in [-0.4, -0.2) is 21.2 Å². The topological polar surface area (TPSA) is 64.0 Å². The second-order valence-electron chi connectivity index (χ2n) is 5.15. The third kappa shape index (κ3) is 3.10. The van der Waals surface area contributed by atoms with Gasteiger partial charge in [-0.1, -0.05) is 33.8 Å². The van der Waals surface area contributed by atoms with Gasteiger partial charge < -0.3 is 5.32 Å². The minimum absolute atomic E-state index is 0.0718. The number of amides is 1. The number of fused-ring (bicyclic) bond motifs is 1. The van der Waals surface area contributed by atoms with Gasteiger partial charge in [-0.15, -0.1) is 0 Å². The maximum Gasteiger partial charge on any atom is 0.257 e. The number of aryl methyl sites for hydroxylation is 1. The number of halogens is 1. The van der Waals surface area contributed by atoms with Gasteiger partial charge in [0, 0.05) is 34.2 Å². The molecule has 1 atom stereocenters. The molecule has 0 unspecified atom stereocenters. The Morgan fingerprint density at radius 2 is 2.32 bits per heavy atom. The smallest absolute Gasteiger partial charge is 0.257 e. The van der Waals surface area contributed by atoms with Crippen molar-refractivity contribution >= 4 is 39.3 Å². The number of anilines is 1. The molecule has 1 amide bonds. The van der Waals surface area contributed by atoms with Crippen LogP contribution >= 0.6 is 27.7 Å². The van der Waals surface area contributed by atoms with E-state index in [1.54, 1.807) is 17.7 Å². The van der Waals surface area contributed by atoms with Crippen LogP contribution in [-0.2, 0) is 11.3 Å². The first-order chi connectivity index (χ1) is 10.5. The zero-order chi connectivity index (χ0) is 15.7. The fraction of sp³-hybridized carbons (Fsp3) is 0.267. The van der Waals surface area contributed by atoms with E-state index in [0.717, 1.165) is 10.2 Å². The Balaban J connectivity index is 1.78. The van der Waals surface area contributed by atoms with E-state index in [-0.39, 0.29) is 17.4 Å². The van der Waals surface area contributed by atoms with Crippen LogP contribution in [0.5, 0.6) is 0 Å². The van der Waals surface area contributed by atoms with Crippen LogP contribution in [0.4, 0.5) is 5.69 Å². The Morgan fingerprint density at radius 3 is 3.09 bits per heavy atom. The molecule has 0 fully saturated rings. The van der Waals surface area contributed by atoms with Crippen molar-refractivity contribution in [2.24, 2.45) is 5.92 Å². The van der Waals surface area contributed by atoms with E-state index in [1.165, 1.54) is 11.8 Å². The molecule has 0 bridgehead atoms. The molecule has 114 valence electrons. The zero-order valence-corrected chi connectivity index (χ0v) is 14.3. The first-order valence-electron chi connectivity index (χ1n) is 6.80. The lowest BCUT2D eigenvalue weighted by Crippen LogP contribution is -2.37. The number of thioether (sulfide) groups is 1. The van der Waals surface area contributed by atoms with Crippen LogP contribution in [0.1, 0.15) is 5.56 Å². The Bertz CT molecular complexity index is 791. The van der Waals surface area contributed by atoms with Gasteiger partial charge in [-0.25, -0.2) is 4.98 Å². The molecule has 0 saturated carbocycles. The van der Waals surface area contributed by atoms with Gasteiger partial charge in [-0.05, 0) is 25.1 Å². The summed E-state index contributed by atoms with van der Waals surface area (Å²) in [5, 5.41) is 3.58. The standard InChI is InChI=1S/C15H14BrN3O2S/c1-9-6-17-15-19(14(9)21)7-10(8-22-15)13(20)18-12-4-2-3-11(16)5-12/h2-6,10H,7-8H2,1H3,(H,18,20)/t10-/m0/s1. The molecule has 1 aromatic heterocycles. The predicted octanol–water partition coefficient (Wildman–Crippen LogP) is 2.67. The summed E-state index contributed by atoms with van der Waals surface area (Å²) in [6.45, 7) is 2.11. The van der Waals surface area contributed by atoms with Crippen molar-refractivity contribution in [1.29, 1.82) is 0 Å². The SMILES string of the molecule is Cc1cnc2n(c1=O)C[C@H](C(=O)Nc1cccc(Br)c1)CS2. The van der Waals surface area contributed by atoms with E-state index >= 15 is 0 Å². The van der Waals surface area contributed by atoms with Crippen LogP contribution in [0.25, 0.3) is 0 Å². The molecule has 1 aliphatic rings. The van der Waals surface area contributed by atoms with Gasteiger partial charge in [0.15, 0.2) is 5.16 Å². The molecule has 2 heterocycles. The van der Waals surface area contributed by atoms with Crippen molar-refractivity contribution in [2.75, 3.05) is 11.1 Å². The van der Waals surface area contributed by atoms with Crippen LogP contribution in [0, 0.1) is 12.8 Å². The van der Waals surface area contributed by atoms with Crippen LogP contribution in [0.15, 0.2) is 44.9 Å². The maximum absolute atomic E-state index is 12.4. The van der Waals surface area contributed by atoms with Gasteiger partial charge in [0.05, 0.1) is 5.92 Å². The predicted molar refractivity (Wildman–Crippen MR) is 90.2 cm³/mol. The Kier molecular flexibility index (Phi) is 4.35. The summed E-state index contributed by atoms with van der Waals surface area (Å²) >= 11 is 4.82. The average Bonchev–Trinajstić information content (AvgIpc) is 2.51. The van der Waals surface area contributed by atoms with E-state index in [4.69, 9.17) is 0 Å². The summed E-state index contributed by atoms with van der Waals surface area (Å²) < 4.78 is 2.50. The molecular formula is C15H14BrN3O2S. The van der Waals surface area contributed by atoms with Crippen molar-refractivity contribution in [3.05, 3.63) is 50.9 Å². The van der Waals surface area contributed by atoms with Gasteiger partial charge in [0.1, 0.15) is 0 Å². The molecule has 1 aromatic carbocycles. The van der Waals surface area contributed by atoms with E-state index in [1.807, 2.05) is 24.3 Å². The van der Waals surface area contributed by atoms with E-state index in [0.29, 0.717) is 23.0 Å². The lowest BCUT2D eigenvalue weighted by molar-refractivity contribution is -0.119. The maximum atomic E-state index is 12.4. The van der Waals surface area contributed by atoms with E-state index in [2.05, 4.69) is 26.2 Å². The first-order valence-corrected chi connectivity index (χ1v) is 8.58. The summed E-state index contributed by atoms with van der Waals surface area (Å²) in [6, 6.07) is 7.45. The van der Waals surface area contributed by atoms with Gasteiger partial charge in [-0.2, -0.15) is 0 Å². The molecule has 1 aliphatic heterocycles. The molecule has 5 nitrogen and oxygen atoms in total. The number of hydrogen-bond acceptors (Lipinski definition) is 4. The third-order valence-electron chi connectivity index (χ3n) is 3.46. The van der Waals surface area contributed by atoms with Crippen LogP contribution in [0.3, 0.4) is 0 Å². The average molecular weight is 380 g/mol. The minimum Gasteiger partial charge on any atom is -0.326 e. The number of hydrogen-bond donors (Lipinski definition) is 1. The normalized spacial score (nSPS) is 16.9. The van der Waals surface area contributed by atoms with Crippen molar-refractivity contribution in [3.63, 3.8) is 0 Å². The summed E-state index contributed by atoms with van der Waals surface area (Å²) in [5.74, 6) is 0.289. The number of aromatic nitrogens is 2. The summed E-state index contributed by atoms with van der Waals surface area (Å²) in [7, 11) is 0. The summed E-state index contributed by atoms with van der Waals surface area (Å²) in [4.78, 5) is 28.8. The quantitative estimate of drug-likeness (QED) is 0.814. The van der Waals surface area contributed by atoms with Gasteiger partial charge in [0.2, 0.25) is 5.91 Å². The number of benzene rings is 1. The molecule has 0 saturated heterocycles. The summed E-state index contributed by atoms with van der Waals surface area (Å²) in [5.41, 5.74) is 1.26. The number of carbonyl (C=O) groups excluding carboxylic acids is 1. The number of rotatable bonds is 2. The van der Waals surface area contributed by atoms with Crippen molar-refractivity contribution < 1.29 is 4.79 Å². The van der Waals surface area contributed by atoms with Gasteiger partial charge in [0.25, 0.3) is 5.56 Å². The highest BCUT2D eigenvalue weighted by Gasteiger charge is 2.27. The van der Waals surface area contributed by atoms with Gasteiger partial charge in [-0.3, -0.25) is 14.2 Å². The highest BCUT2D eigenvalue weighted by molar-refractivity contribution is 9.10. The molecule has 0 aliphatic carbocycles. The van der Waals surface area contributed by atoms with E-state index < -0.39 is 0 Å². The van der Waals surface area contributed by atoms with Gasteiger partial charge >= 0.3 is 0 Å². The Morgan fingerprint density at radius 1 is 1.50 bits per heavy atom. The molecule has 7 heteroatoms. The van der Waals surface area contributed by atoms with Crippen molar-refractivity contribution in [2.45, 2.75) is 18.6 Å². The first kappa shape index (κ1) is 15.3. The molecule has 0 spiro atoms. The highest BCUT2D eigenvalue weighted by Crippen LogP contribution is 2.26. The second-order valence-corrected chi connectivity index (χ2v) is 7.05. The number of nitrogens with one attached hydrogen (secondary N) is 1. The fourth-order valence-electron chi connectivity index (χ4n) is 2.27. The third-order valence-corrected chi connectivity index (χ3v) is 5.11. The Labute approximate surface area is 140 Å². The van der Waals surface area contributed by atoms with Crippen LogP contribution < -0.4 is 10.9 Å². The van der Waals surface area contributed by atoms with Crippen molar-refractivity contribution in [3.8, 4) is 0 Å². The number of nitrogens with zero attached hydrogens (tertiary/aromatic N) is 2. The minimum atomic E-state index is -0.252. The molecule has 22 heavy (non-hydrogen) atoms. The largest absolute Gasteiger partial charge is 0.326 e.